The van der Waals surface area contributed by atoms with Gasteiger partial charge in [0.15, 0.2) is 5.82 Å². The van der Waals surface area contributed by atoms with Crippen molar-refractivity contribution in [3.63, 3.8) is 0 Å². The number of piperidine rings is 1. The van der Waals surface area contributed by atoms with Gasteiger partial charge in [0.05, 0.1) is 5.69 Å². The quantitative estimate of drug-likeness (QED) is 0.760. The van der Waals surface area contributed by atoms with Crippen molar-refractivity contribution in [1.29, 1.82) is 0 Å². The summed E-state index contributed by atoms with van der Waals surface area (Å²) in [6.45, 7) is 1.78. The first kappa shape index (κ1) is 16.4. The highest BCUT2D eigenvalue weighted by Gasteiger charge is 2.22. The highest BCUT2D eigenvalue weighted by atomic mass is 16.1. The van der Waals surface area contributed by atoms with E-state index in [1.54, 1.807) is 0 Å². The zero-order valence-corrected chi connectivity index (χ0v) is 14.6. The molecule has 1 aliphatic heterocycles. The number of hydrogen-bond donors (Lipinski definition) is 2. The van der Waals surface area contributed by atoms with Gasteiger partial charge in [0.1, 0.15) is 0 Å². The number of carbonyl (C=O) groups excluding carboxylic acids is 1. The summed E-state index contributed by atoms with van der Waals surface area (Å²) >= 11 is 0. The molecule has 0 unspecified atom stereocenters. The predicted octanol–water partition coefficient (Wildman–Crippen LogP) is 3.48. The standard InChI is InChI=1S/C21H22N4O/c26-21(17-9-5-2-6-10-17)22-18-11-13-25(14-12-18)20-15-19(23-24-20)16-7-3-1-4-8-16/h1-10,15,18H,11-14H2,(H,22,26)(H,23,24). The summed E-state index contributed by atoms with van der Waals surface area (Å²) in [5.41, 5.74) is 2.88. The Morgan fingerprint density at radius 2 is 1.65 bits per heavy atom. The average Bonchev–Trinajstić information content (AvgIpc) is 3.20. The SMILES string of the molecule is O=C(NC1CCN(c2cc(-c3ccccc3)[nH]n2)CC1)c1ccccc1. The lowest BCUT2D eigenvalue weighted by Crippen LogP contribution is -2.44. The number of hydrogen-bond acceptors (Lipinski definition) is 3. The van der Waals surface area contributed by atoms with E-state index in [4.69, 9.17) is 0 Å². The van der Waals surface area contributed by atoms with Crippen LogP contribution >= 0.6 is 0 Å². The van der Waals surface area contributed by atoms with Crippen molar-refractivity contribution in [1.82, 2.24) is 15.5 Å². The molecule has 0 saturated carbocycles. The molecule has 2 heterocycles. The molecule has 0 bridgehead atoms. The van der Waals surface area contributed by atoms with Crippen LogP contribution in [0.2, 0.25) is 0 Å². The number of benzene rings is 2. The second kappa shape index (κ2) is 7.44. The highest BCUT2D eigenvalue weighted by molar-refractivity contribution is 5.94. The molecule has 26 heavy (non-hydrogen) atoms. The van der Waals surface area contributed by atoms with Gasteiger partial charge >= 0.3 is 0 Å². The number of aromatic nitrogens is 2. The molecule has 0 atom stereocenters. The Morgan fingerprint density at radius 1 is 1.00 bits per heavy atom. The van der Waals surface area contributed by atoms with Gasteiger partial charge in [0.2, 0.25) is 0 Å². The fraction of sp³-hybridized carbons (Fsp3) is 0.238. The Labute approximate surface area is 153 Å². The number of anilines is 1. The Kier molecular flexibility index (Phi) is 4.69. The zero-order valence-electron chi connectivity index (χ0n) is 14.6. The summed E-state index contributed by atoms with van der Waals surface area (Å²) in [7, 11) is 0. The van der Waals surface area contributed by atoms with Crippen LogP contribution in [-0.4, -0.2) is 35.2 Å². The molecule has 1 fully saturated rings. The van der Waals surface area contributed by atoms with Gasteiger partial charge in [0.25, 0.3) is 5.91 Å². The summed E-state index contributed by atoms with van der Waals surface area (Å²) in [4.78, 5) is 14.6. The first-order valence-electron chi connectivity index (χ1n) is 9.01. The maximum atomic E-state index is 12.3. The van der Waals surface area contributed by atoms with Crippen molar-refractivity contribution in [2.24, 2.45) is 0 Å². The molecule has 132 valence electrons. The zero-order chi connectivity index (χ0) is 17.8. The van der Waals surface area contributed by atoms with Crippen LogP contribution in [0.5, 0.6) is 0 Å². The molecule has 2 N–H and O–H groups in total. The Balaban J connectivity index is 1.34. The van der Waals surface area contributed by atoms with E-state index in [0.717, 1.165) is 48.6 Å². The lowest BCUT2D eigenvalue weighted by atomic mass is 10.0. The fourth-order valence-electron chi connectivity index (χ4n) is 3.35. The van der Waals surface area contributed by atoms with Crippen molar-refractivity contribution in [2.75, 3.05) is 18.0 Å². The highest BCUT2D eigenvalue weighted by Crippen LogP contribution is 2.24. The van der Waals surface area contributed by atoms with Crippen molar-refractivity contribution in [3.05, 3.63) is 72.3 Å². The van der Waals surface area contributed by atoms with Gasteiger partial charge in [0, 0.05) is 30.8 Å². The molecule has 1 amide bonds. The third-order valence-corrected chi connectivity index (χ3v) is 4.84. The minimum atomic E-state index is 0.00943. The number of amides is 1. The first-order valence-corrected chi connectivity index (χ1v) is 9.01. The largest absolute Gasteiger partial charge is 0.355 e. The van der Waals surface area contributed by atoms with Gasteiger partial charge in [-0.05, 0) is 30.5 Å². The maximum Gasteiger partial charge on any atom is 0.251 e. The number of H-pyrrole nitrogens is 1. The number of rotatable bonds is 4. The molecule has 5 nitrogen and oxygen atoms in total. The van der Waals surface area contributed by atoms with E-state index in [1.165, 1.54) is 0 Å². The van der Waals surface area contributed by atoms with Crippen LogP contribution in [0.15, 0.2) is 66.7 Å². The van der Waals surface area contributed by atoms with Gasteiger partial charge in [-0.25, -0.2) is 0 Å². The number of aromatic amines is 1. The maximum absolute atomic E-state index is 12.3. The van der Waals surface area contributed by atoms with Crippen LogP contribution in [0.3, 0.4) is 0 Å². The third-order valence-electron chi connectivity index (χ3n) is 4.84. The molecule has 3 aromatic rings. The van der Waals surface area contributed by atoms with Gasteiger partial charge in [-0.3, -0.25) is 9.89 Å². The smallest absolute Gasteiger partial charge is 0.251 e. The van der Waals surface area contributed by atoms with E-state index in [0.29, 0.717) is 0 Å². The fourth-order valence-corrected chi connectivity index (χ4v) is 3.35. The van der Waals surface area contributed by atoms with Crippen LogP contribution in [-0.2, 0) is 0 Å². The lowest BCUT2D eigenvalue weighted by molar-refractivity contribution is 0.0931. The van der Waals surface area contributed by atoms with E-state index in [9.17, 15) is 4.79 Å². The summed E-state index contributed by atoms with van der Waals surface area (Å²) < 4.78 is 0. The Morgan fingerprint density at radius 3 is 2.35 bits per heavy atom. The second-order valence-electron chi connectivity index (χ2n) is 6.61. The van der Waals surface area contributed by atoms with E-state index in [1.807, 2.05) is 48.5 Å². The Bertz CT molecular complexity index is 852. The van der Waals surface area contributed by atoms with Crippen molar-refractivity contribution in [3.8, 4) is 11.3 Å². The summed E-state index contributed by atoms with van der Waals surface area (Å²) in [5.74, 6) is 0.979. The van der Waals surface area contributed by atoms with E-state index < -0.39 is 0 Å². The molecule has 5 heteroatoms. The topological polar surface area (TPSA) is 61.0 Å². The van der Waals surface area contributed by atoms with E-state index in [2.05, 4.69) is 38.6 Å². The lowest BCUT2D eigenvalue weighted by Gasteiger charge is -2.32. The second-order valence-corrected chi connectivity index (χ2v) is 6.61. The van der Waals surface area contributed by atoms with Crippen LogP contribution in [0, 0.1) is 0 Å². The summed E-state index contributed by atoms with van der Waals surface area (Å²) in [6.07, 6.45) is 1.85. The summed E-state index contributed by atoms with van der Waals surface area (Å²) in [5, 5.41) is 10.7. The molecule has 0 radical (unpaired) electrons. The third kappa shape index (κ3) is 3.61. The molecule has 0 spiro atoms. The van der Waals surface area contributed by atoms with E-state index in [-0.39, 0.29) is 11.9 Å². The first-order chi connectivity index (χ1) is 12.8. The summed E-state index contributed by atoms with van der Waals surface area (Å²) in [6, 6.07) is 21.9. The van der Waals surface area contributed by atoms with Gasteiger partial charge in [-0.15, -0.1) is 0 Å². The van der Waals surface area contributed by atoms with Gasteiger partial charge in [-0.2, -0.15) is 5.10 Å². The van der Waals surface area contributed by atoms with Crippen molar-refractivity contribution < 1.29 is 4.79 Å². The molecule has 1 saturated heterocycles. The molecule has 0 aliphatic carbocycles. The number of carbonyl (C=O) groups is 1. The minimum absolute atomic E-state index is 0.00943. The van der Waals surface area contributed by atoms with Crippen molar-refractivity contribution in [2.45, 2.75) is 18.9 Å². The normalized spacial score (nSPS) is 15.0. The Hall–Kier alpha value is -3.08. The predicted molar refractivity (Wildman–Crippen MR) is 103 cm³/mol. The molecule has 1 aromatic heterocycles. The monoisotopic (exact) mass is 346 g/mol. The van der Waals surface area contributed by atoms with Crippen LogP contribution < -0.4 is 10.2 Å². The van der Waals surface area contributed by atoms with Gasteiger partial charge in [-0.1, -0.05) is 48.5 Å². The molecule has 4 rings (SSSR count). The molecular weight excluding hydrogens is 324 g/mol. The van der Waals surface area contributed by atoms with Crippen LogP contribution in [0.25, 0.3) is 11.3 Å². The minimum Gasteiger partial charge on any atom is -0.355 e. The number of nitrogens with one attached hydrogen (secondary N) is 2. The van der Waals surface area contributed by atoms with Gasteiger partial charge < -0.3 is 10.2 Å². The number of nitrogens with zero attached hydrogens (tertiary/aromatic N) is 2. The molecule has 2 aromatic carbocycles. The van der Waals surface area contributed by atoms with Crippen LogP contribution in [0.1, 0.15) is 23.2 Å². The molecule has 1 aliphatic rings. The van der Waals surface area contributed by atoms with Crippen LogP contribution in [0.4, 0.5) is 5.82 Å². The van der Waals surface area contributed by atoms with E-state index >= 15 is 0 Å². The average molecular weight is 346 g/mol. The van der Waals surface area contributed by atoms with Crippen molar-refractivity contribution >= 4 is 11.7 Å². The molecular formula is C21H22N4O.